The zero-order valence-corrected chi connectivity index (χ0v) is 8.69. The summed E-state index contributed by atoms with van der Waals surface area (Å²) >= 11 is 0. The molecule has 0 radical (unpaired) electrons. The third kappa shape index (κ3) is 1.99. The van der Waals surface area contributed by atoms with Crippen molar-refractivity contribution in [3.8, 4) is 5.69 Å². The number of carboxylic acid groups (broad SMARTS) is 1. The van der Waals surface area contributed by atoms with Crippen molar-refractivity contribution in [2.45, 2.75) is 6.92 Å². The Bertz CT molecular complexity index is 595. The van der Waals surface area contributed by atoms with Gasteiger partial charge in [0.2, 0.25) is 0 Å². The van der Waals surface area contributed by atoms with Gasteiger partial charge in [0.1, 0.15) is 17.3 Å². The van der Waals surface area contributed by atoms with Crippen LogP contribution >= 0.6 is 0 Å². The van der Waals surface area contributed by atoms with Gasteiger partial charge in [0.15, 0.2) is 5.69 Å². The summed E-state index contributed by atoms with van der Waals surface area (Å²) in [4.78, 5) is 10.6. The van der Waals surface area contributed by atoms with Crippen LogP contribution in [0.2, 0.25) is 0 Å². The number of benzene rings is 1. The van der Waals surface area contributed by atoms with Crippen molar-refractivity contribution < 1.29 is 18.7 Å². The summed E-state index contributed by atoms with van der Waals surface area (Å²) in [5.41, 5.74) is -0.372. The molecule has 0 aliphatic heterocycles. The van der Waals surface area contributed by atoms with Crippen molar-refractivity contribution in [1.29, 1.82) is 0 Å². The zero-order chi connectivity index (χ0) is 12.6. The maximum atomic E-state index is 13.5. The van der Waals surface area contributed by atoms with Crippen LogP contribution in [0.1, 0.15) is 16.1 Å². The molecule has 5 nitrogen and oxygen atoms in total. The first-order valence-corrected chi connectivity index (χ1v) is 4.60. The molecular formula is C10H7F2N3O2. The lowest BCUT2D eigenvalue weighted by Gasteiger charge is -2.04. The van der Waals surface area contributed by atoms with E-state index in [1.807, 2.05) is 0 Å². The molecule has 0 fully saturated rings. The minimum atomic E-state index is -1.29. The summed E-state index contributed by atoms with van der Waals surface area (Å²) in [5.74, 6) is -2.59. The molecule has 0 saturated carbocycles. The van der Waals surface area contributed by atoms with Crippen LogP contribution in [0.5, 0.6) is 0 Å². The van der Waals surface area contributed by atoms with E-state index in [1.54, 1.807) is 0 Å². The molecule has 0 amide bonds. The van der Waals surface area contributed by atoms with E-state index in [1.165, 1.54) is 6.92 Å². The van der Waals surface area contributed by atoms with E-state index in [2.05, 4.69) is 10.3 Å². The first kappa shape index (κ1) is 11.2. The number of aromatic nitrogens is 3. The van der Waals surface area contributed by atoms with Crippen LogP contribution in [0.4, 0.5) is 8.78 Å². The maximum absolute atomic E-state index is 13.5. The van der Waals surface area contributed by atoms with Crippen LogP contribution in [0.25, 0.3) is 5.69 Å². The van der Waals surface area contributed by atoms with Gasteiger partial charge in [-0.15, -0.1) is 5.10 Å². The highest BCUT2D eigenvalue weighted by atomic mass is 19.1. The largest absolute Gasteiger partial charge is 0.476 e. The van der Waals surface area contributed by atoms with E-state index in [-0.39, 0.29) is 16.9 Å². The number of carboxylic acids is 1. The van der Waals surface area contributed by atoms with Crippen molar-refractivity contribution in [2.75, 3.05) is 0 Å². The van der Waals surface area contributed by atoms with Crippen LogP contribution in [0, 0.1) is 18.6 Å². The summed E-state index contributed by atoms with van der Waals surface area (Å²) in [6.07, 6.45) is 1.01. The monoisotopic (exact) mass is 239 g/mol. The molecule has 1 heterocycles. The highest BCUT2D eigenvalue weighted by Gasteiger charge is 2.13. The molecule has 0 atom stereocenters. The first-order chi connectivity index (χ1) is 7.99. The Morgan fingerprint density at radius 2 is 2.06 bits per heavy atom. The predicted molar refractivity (Wildman–Crippen MR) is 53.0 cm³/mol. The Morgan fingerprint density at radius 3 is 2.65 bits per heavy atom. The second-order valence-corrected chi connectivity index (χ2v) is 3.41. The highest BCUT2D eigenvalue weighted by molar-refractivity contribution is 5.84. The van der Waals surface area contributed by atoms with Gasteiger partial charge in [0.25, 0.3) is 0 Å². The zero-order valence-electron chi connectivity index (χ0n) is 8.69. The number of aryl methyl sites for hydroxylation is 1. The number of nitrogens with zero attached hydrogens (tertiary/aromatic N) is 3. The average Bonchev–Trinajstić information content (AvgIpc) is 2.72. The molecule has 88 valence electrons. The van der Waals surface area contributed by atoms with Gasteiger partial charge >= 0.3 is 5.97 Å². The fourth-order valence-corrected chi connectivity index (χ4v) is 1.29. The number of aromatic carboxylic acids is 1. The summed E-state index contributed by atoms with van der Waals surface area (Å²) in [7, 11) is 0. The standard InChI is InChI=1S/C10H7F2N3O2/c1-5-2-7(12)9(3-6(5)11)15-4-8(10(16)17)13-14-15/h2-4H,1H3,(H,16,17). The van der Waals surface area contributed by atoms with Crippen LogP contribution in [-0.2, 0) is 0 Å². The van der Waals surface area contributed by atoms with Crippen molar-refractivity contribution in [3.05, 3.63) is 41.2 Å². The molecule has 2 aromatic rings. The summed E-state index contributed by atoms with van der Waals surface area (Å²) in [6, 6.07) is 1.94. The van der Waals surface area contributed by atoms with Gasteiger partial charge in [-0.05, 0) is 18.6 Å². The number of hydrogen-bond acceptors (Lipinski definition) is 3. The second kappa shape index (κ2) is 3.93. The van der Waals surface area contributed by atoms with E-state index in [0.29, 0.717) is 0 Å². The maximum Gasteiger partial charge on any atom is 0.358 e. The normalized spacial score (nSPS) is 10.5. The molecule has 1 aromatic heterocycles. The van der Waals surface area contributed by atoms with E-state index < -0.39 is 17.6 Å². The van der Waals surface area contributed by atoms with Crippen molar-refractivity contribution in [2.24, 2.45) is 0 Å². The van der Waals surface area contributed by atoms with Gasteiger partial charge in [0, 0.05) is 6.07 Å². The quantitative estimate of drug-likeness (QED) is 0.863. The van der Waals surface area contributed by atoms with Gasteiger partial charge in [0.05, 0.1) is 6.20 Å². The number of hydrogen-bond donors (Lipinski definition) is 1. The summed E-state index contributed by atoms with van der Waals surface area (Å²) in [5, 5.41) is 15.4. The fraction of sp³-hybridized carbons (Fsp3) is 0.100. The minimum Gasteiger partial charge on any atom is -0.476 e. The van der Waals surface area contributed by atoms with Crippen LogP contribution in [0.3, 0.4) is 0 Å². The summed E-state index contributed by atoms with van der Waals surface area (Å²) in [6.45, 7) is 1.42. The topological polar surface area (TPSA) is 68.0 Å². The fourth-order valence-electron chi connectivity index (χ4n) is 1.29. The van der Waals surface area contributed by atoms with Crippen LogP contribution in [0.15, 0.2) is 18.3 Å². The molecule has 1 aromatic carbocycles. The third-order valence-corrected chi connectivity index (χ3v) is 2.19. The Labute approximate surface area is 94.3 Å². The van der Waals surface area contributed by atoms with E-state index in [4.69, 9.17) is 5.11 Å². The Hall–Kier alpha value is -2.31. The molecule has 0 aliphatic rings. The molecule has 7 heteroatoms. The molecule has 1 N–H and O–H groups in total. The molecule has 2 rings (SSSR count). The average molecular weight is 239 g/mol. The second-order valence-electron chi connectivity index (χ2n) is 3.41. The molecule has 17 heavy (non-hydrogen) atoms. The van der Waals surface area contributed by atoms with E-state index in [0.717, 1.165) is 23.0 Å². The molecule has 0 unspecified atom stereocenters. The van der Waals surface area contributed by atoms with Crippen LogP contribution in [-0.4, -0.2) is 26.1 Å². The Morgan fingerprint density at radius 1 is 1.35 bits per heavy atom. The lowest BCUT2D eigenvalue weighted by atomic mass is 10.2. The minimum absolute atomic E-state index is 0.157. The van der Waals surface area contributed by atoms with Gasteiger partial charge in [-0.2, -0.15) is 0 Å². The number of carbonyl (C=O) groups is 1. The van der Waals surface area contributed by atoms with E-state index >= 15 is 0 Å². The third-order valence-electron chi connectivity index (χ3n) is 2.19. The molecule has 0 bridgehead atoms. The van der Waals surface area contributed by atoms with Gasteiger partial charge in [-0.25, -0.2) is 18.3 Å². The molecule has 0 aliphatic carbocycles. The highest BCUT2D eigenvalue weighted by Crippen LogP contribution is 2.17. The lowest BCUT2D eigenvalue weighted by molar-refractivity contribution is 0.0690. The Kier molecular flexibility index (Phi) is 2.58. The first-order valence-electron chi connectivity index (χ1n) is 4.60. The molecule has 0 saturated heterocycles. The number of halogens is 2. The van der Waals surface area contributed by atoms with Gasteiger partial charge in [-0.1, -0.05) is 5.21 Å². The summed E-state index contributed by atoms with van der Waals surface area (Å²) < 4.78 is 27.7. The smallest absolute Gasteiger partial charge is 0.358 e. The number of rotatable bonds is 2. The predicted octanol–water partition coefficient (Wildman–Crippen LogP) is 1.55. The van der Waals surface area contributed by atoms with Gasteiger partial charge in [-0.3, -0.25) is 0 Å². The molecule has 0 spiro atoms. The van der Waals surface area contributed by atoms with Crippen molar-refractivity contribution >= 4 is 5.97 Å². The van der Waals surface area contributed by atoms with Gasteiger partial charge < -0.3 is 5.11 Å². The van der Waals surface area contributed by atoms with Crippen molar-refractivity contribution in [1.82, 2.24) is 15.0 Å². The van der Waals surface area contributed by atoms with E-state index in [9.17, 15) is 13.6 Å². The van der Waals surface area contributed by atoms with Crippen LogP contribution < -0.4 is 0 Å². The Balaban J connectivity index is 2.52. The SMILES string of the molecule is Cc1cc(F)c(-n2cc(C(=O)O)nn2)cc1F. The van der Waals surface area contributed by atoms with Crippen molar-refractivity contribution in [3.63, 3.8) is 0 Å². The lowest BCUT2D eigenvalue weighted by Crippen LogP contribution is -2.01. The molecular weight excluding hydrogens is 232 g/mol.